The van der Waals surface area contributed by atoms with Gasteiger partial charge in [0, 0.05) is 18.9 Å². The van der Waals surface area contributed by atoms with Gasteiger partial charge in [-0.3, -0.25) is 4.79 Å². The molecule has 5 heteroatoms. The van der Waals surface area contributed by atoms with Gasteiger partial charge in [0.25, 0.3) is 5.91 Å². The van der Waals surface area contributed by atoms with E-state index in [0.717, 1.165) is 16.8 Å². The van der Waals surface area contributed by atoms with Crippen molar-refractivity contribution in [3.05, 3.63) is 57.3 Å². The molecule has 0 bridgehead atoms. The minimum Gasteiger partial charge on any atom is -0.311 e. The molecule has 0 saturated heterocycles. The highest BCUT2D eigenvalue weighted by Gasteiger charge is 2.18. The summed E-state index contributed by atoms with van der Waals surface area (Å²) in [5.74, 6) is -0.216. The van der Waals surface area contributed by atoms with Crippen molar-refractivity contribution in [2.75, 3.05) is 11.9 Å². The minimum atomic E-state index is -0.216. The fourth-order valence-corrected chi connectivity index (χ4v) is 2.39. The van der Waals surface area contributed by atoms with Crippen molar-refractivity contribution in [3.63, 3.8) is 0 Å². The molecule has 0 aliphatic rings. The first kappa shape index (κ1) is 14.8. The third-order valence-corrected chi connectivity index (χ3v) is 3.58. The number of pyridine rings is 1. The fourth-order valence-electron chi connectivity index (χ4n) is 2.05. The smallest absolute Gasteiger partial charge is 0.259 e. The summed E-state index contributed by atoms with van der Waals surface area (Å²) in [4.78, 5) is 17.9. The number of nitrogens with zero attached hydrogens (tertiary/aromatic N) is 2. The second-order valence-corrected chi connectivity index (χ2v) is 5.44. The monoisotopic (exact) mass is 308 g/mol. The van der Waals surface area contributed by atoms with Gasteiger partial charge in [0.15, 0.2) is 0 Å². The summed E-state index contributed by atoms with van der Waals surface area (Å²) in [6.45, 7) is 3.98. The summed E-state index contributed by atoms with van der Waals surface area (Å²) in [5, 5.41) is 0.530. The van der Waals surface area contributed by atoms with Gasteiger partial charge in [-0.15, -0.1) is 0 Å². The lowest BCUT2D eigenvalue weighted by molar-refractivity contribution is 0.0993. The summed E-state index contributed by atoms with van der Waals surface area (Å²) in [6, 6.07) is 7.39. The van der Waals surface area contributed by atoms with Gasteiger partial charge < -0.3 is 4.90 Å². The molecule has 0 N–H and O–H groups in total. The molecular formula is C15H14Cl2N2O. The van der Waals surface area contributed by atoms with Gasteiger partial charge in [-0.25, -0.2) is 4.98 Å². The zero-order chi connectivity index (χ0) is 14.9. The molecule has 1 heterocycles. The van der Waals surface area contributed by atoms with Crippen LogP contribution in [0.4, 0.5) is 5.69 Å². The zero-order valence-corrected chi connectivity index (χ0v) is 13.0. The predicted molar refractivity (Wildman–Crippen MR) is 82.9 cm³/mol. The molecule has 2 aromatic rings. The quantitative estimate of drug-likeness (QED) is 0.776. The van der Waals surface area contributed by atoms with E-state index in [4.69, 9.17) is 23.2 Å². The highest BCUT2D eigenvalue weighted by Crippen LogP contribution is 2.25. The second kappa shape index (κ2) is 5.81. The largest absolute Gasteiger partial charge is 0.311 e. The van der Waals surface area contributed by atoms with Gasteiger partial charge in [0.1, 0.15) is 5.15 Å². The Labute approximate surface area is 128 Å². The van der Waals surface area contributed by atoms with Crippen molar-refractivity contribution in [2.24, 2.45) is 0 Å². The number of carbonyl (C=O) groups is 1. The van der Waals surface area contributed by atoms with Crippen LogP contribution in [-0.2, 0) is 0 Å². The van der Waals surface area contributed by atoms with Crippen LogP contribution in [0.2, 0.25) is 10.2 Å². The predicted octanol–water partition coefficient (Wildman–Crippen LogP) is 4.28. The molecule has 0 aliphatic heterocycles. The van der Waals surface area contributed by atoms with E-state index < -0.39 is 0 Å². The molecule has 104 valence electrons. The minimum absolute atomic E-state index is 0.216. The Hall–Kier alpha value is -1.58. The van der Waals surface area contributed by atoms with Crippen molar-refractivity contribution in [2.45, 2.75) is 13.8 Å². The van der Waals surface area contributed by atoms with Gasteiger partial charge in [-0.2, -0.15) is 0 Å². The van der Waals surface area contributed by atoms with E-state index in [2.05, 4.69) is 4.98 Å². The Bertz CT molecular complexity index is 671. The van der Waals surface area contributed by atoms with E-state index in [1.165, 1.54) is 12.3 Å². The molecular weight excluding hydrogens is 295 g/mol. The van der Waals surface area contributed by atoms with Crippen LogP contribution in [0, 0.1) is 13.8 Å². The fraction of sp³-hybridized carbons (Fsp3) is 0.200. The Morgan fingerprint density at radius 2 is 1.90 bits per heavy atom. The zero-order valence-electron chi connectivity index (χ0n) is 11.4. The number of aryl methyl sites for hydroxylation is 2. The molecule has 0 fully saturated rings. The van der Waals surface area contributed by atoms with Crippen molar-refractivity contribution in [1.29, 1.82) is 0 Å². The van der Waals surface area contributed by atoms with Crippen LogP contribution in [0.1, 0.15) is 21.5 Å². The molecule has 2 rings (SSSR count). The van der Waals surface area contributed by atoms with E-state index >= 15 is 0 Å². The lowest BCUT2D eigenvalue weighted by Gasteiger charge is -2.20. The topological polar surface area (TPSA) is 33.2 Å². The van der Waals surface area contributed by atoms with Crippen molar-refractivity contribution >= 4 is 34.8 Å². The molecule has 0 saturated carbocycles. The molecule has 0 unspecified atom stereocenters. The summed E-state index contributed by atoms with van der Waals surface area (Å²) in [6.07, 6.45) is 1.38. The number of hydrogen-bond acceptors (Lipinski definition) is 2. The number of aromatic nitrogens is 1. The van der Waals surface area contributed by atoms with E-state index in [1.807, 2.05) is 32.0 Å². The van der Waals surface area contributed by atoms with Gasteiger partial charge in [0.2, 0.25) is 0 Å². The molecule has 0 atom stereocenters. The number of hydrogen-bond donors (Lipinski definition) is 0. The van der Waals surface area contributed by atoms with Crippen molar-refractivity contribution in [3.8, 4) is 0 Å². The maximum Gasteiger partial charge on any atom is 0.259 e. The third kappa shape index (κ3) is 2.94. The lowest BCUT2D eigenvalue weighted by atomic mass is 10.1. The maximum atomic E-state index is 12.5. The summed E-state index contributed by atoms with van der Waals surface area (Å²) < 4.78 is 0. The molecule has 0 aliphatic carbocycles. The Morgan fingerprint density at radius 1 is 1.20 bits per heavy atom. The first-order valence-corrected chi connectivity index (χ1v) is 6.82. The number of anilines is 1. The summed E-state index contributed by atoms with van der Waals surface area (Å²) in [5.41, 5.74) is 3.35. The molecule has 0 spiro atoms. The summed E-state index contributed by atoms with van der Waals surface area (Å²) >= 11 is 11.8. The third-order valence-electron chi connectivity index (χ3n) is 3.07. The van der Waals surface area contributed by atoms with Crippen LogP contribution < -0.4 is 4.90 Å². The lowest BCUT2D eigenvalue weighted by Crippen LogP contribution is -2.27. The highest BCUT2D eigenvalue weighted by molar-refractivity contribution is 6.35. The van der Waals surface area contributed by atoms with Crippen LogP contribution in [0.3, 0.4) is 0 Å². The van der Waals surface area contributed by atoms with E-state index in [0.29, 0.717) is 5.56 Å². The molecule has 1 aromatic carbocycles. The Morgan fingerprint density at radius 3 is 2.55 bits per heavy atom. The van der Waals surface area contributed by atoms with Crippen molar-refractivity contribution < 1.29 is 4.79 Å². The molecule has 20 heavy (non-hydrogen) atoms. The van der Waals surface area contributed by atoms with Crippen LogP contribution in [0.25, 0.3) is 0 Å². The number of benzene rings is 1. The van der Waals surface area contributed by atoms with Gasteiger partial charge in [-0.05, 0) is 31.5 Å². The molecule has 1 amide bonds. The normalized spacial score (nSPS) is 10.4. The summed E-state index contributed by atoms with van der Waals surface area (Å²) in [7, 11) is 1.71. The second-order valence-electron chi connectivity index (χ2n) is 4.64. The van der Waals surface area contributed by atoms with Crippen molar-refractivity contribution in [1.82, 2.24) is 4.98 Å². The van der Waals surface area contributed by atoms with Crippen LogP contribution in [0.15, 0.2) is 30.5 Å². The molecule has 3 nitrogen and oxygen atoms in total. The van der Waals surface area contributed by atoms with Crippen LogP contribution in [-0.4, -0.2) is 17.9 Å². The highest BCUT2D eigenvalue weighted by atomic mass is 35.5. The van der Waals surface area contributed by atoms with Gasteiger partial charge in [0.05, 0.1) is 10.6 Å². The van der Waals surface area contributed by atoms with E-state index in [-0.39, 0.29) is 16.1 Å². The number of halogens is 2. The molecule has 0 radical (unpaired) electrons. The number of carbonyl (C=O) groups excluding carboxylic acids is 1. The average molecular weight is 309 g/mol. The van der Waals surface area contributed by atoms with E-state index in [9.17, 15) is 4.79 Å². The Balaban J connectivity index is 2.40. The first-order valence-electron chi connectivity index (χ1n) is 6.06. The van der Waals surface area contributed by atoms with E-state index in [1.54, 1.807) is 11.9 Å². The standard InChI is InChI=1S/C15H14Cl2N2O/c1-9-4-5-13(10(2)6-9)19(3)15(20)11-7-14(17)18-8-12(11)16/h4-8H,1-3H3. The first-order chi connectivity index (χ1) is 9.40. The van der Waals surface area contributed by atoms with Gasteiger partial charge in [-0.1, -0.05) is 40.9 Å². The average Bonchev–Trinajstić information content (AvgIpc) is 2.40. The molecule has 1 aromatic heterocycles. The Kier molecular flexibility index (Phi) is 4.31. The van der Waals surface area contributed by atoms with Crippen LogP contribution >= 0.6 is 23.2 Å². The SMILES string of the molecule is Cc1ccc(N(C)C(=O)c2cc(Cl)ncc2Cl)c(C)c1. The van der Waals surface area contributed by atoms with Crippen LogP contribution in [0.5, 0.6) is 0 Å². The number of rotatable bonds is 2. The number of amides is 1. The maximum absolute atomic E-state index is 12.5. The van der Waals surface area contributed by atoms with Gasteiger partial charge >= 0.3 is 0 Å².